The second-order valence-corrected chi connectivity index (χ2v) is 5.26. The number of hydrogen-bond acceptors (Lipinski definition) is 5. The van der Waals surface area contributed by atoms with Crippen LogP contribution in [-0.4, -0.2) is 34.9 Å². The van der Waals surface area contributed by atoms with Gasteiger partial charge in [0.05, 0.1) is 25.9 Å². The zero-order chi connectivity index (χ0) is 17.1. The number of methoxy groups -OCH3 is 2. The minimum Gasteiger partial charge on any atom is -0.497 e. The van der Waals surface area contributed by atoms with Gasteiger partial charge in [-0.1, -0.05) is 0 Å². The van der Waals surface area contributed by atoms with Gasteiger partial charge in [-0.2, -0.15) is 5.10 Å². The highest BCUT2D eigenvalue weighted by molar-refractivity contribution is 5.95. The number of aromatic nitrogens is 3. The van der Waals surface area contributed by atoms with Crippen LogP contribution in [0.2, 0.25) is 0 Å². The molecule has 1 aromatic carbocycles. The van der Waals surface area contributed by atoms with Gasteiger partial charge in [0.2, 0.25) is 0 Å². The monoisotopic (exact) mass is 326 g/mol. The molecule has 2 aromatic heterocycles. The maximum Gasteiger partial charge on any atom is 0.270 e. The van der Waals surface area contributed by atoms with Crippen molar-refractivity contribution in [3.63, 3.8) is 0 Å². The molecule has 0 aliphatic rings. The van der Waals surface area contributed by atoms with Gasteiger partial charge in [0.25, 0.3) is 5.91 Å². The Morgan fingerprint density at radius 3 is 2.79 bits per heavy atom. The lowest BCUT2D eigenvalue weighted by Gasteiger charge is -2.11. The third kappa shape index (κ3) is 3.01. The summed E-state index contributed by atoms with van der Waals surface area (Å²) in [6.45, 7) is 0.330. The first kappa shape index (κ1) is 15.8. The summed E-state index contributed by atoms with van der Waals surface area (Å²) in [7, 11) is 5.00. The van der Waals surface area contributed by atoms with Gasteiger partial charge in [-0.15, -0.1) is 0 Å². The van der Waals surface area contributed by atoms with Crippen LogP contribution in [0, 0.1) is 0 Å². The van der Waals surface area contributed by atoms with Gasteiger partial charge in [-0.3, -0.25) is 14.5 Å². The van der Waals surface area contributed by atoms with Gasteiger partial charge in [0.1, 0.15) is 17.2 Å². The van der Waals surface area contributed by atoms with Crippen molar-refractivity contribution in [3.05, 3.63) is 47.9 Å². The molecule has 0 aliphatic heterocycles. The summed E-state index contributed by atoms with van der Waals surface area (Å²) < 4.78 is 12.2. The van der Waals surface area contributed by atoms with E-state index in [1.54, 1.807) is 43.4 Å². The fraction of sp³-hybridized carbons (Fsp3) is 0.235. The highest BCUT2D eigenvalue weighted by Gasteiger charge is 2.12. The standard InChI is InChI=1S/C17H18N4O3/c1-21-15-7-14(18-9-12(15)10-20-21)17(22)19-8-11-4-5-13(23-2)6-16(11)24-3/h4-7,9-10H,8H2,1-3H3,(H,19,22). The van der Waals surface area contributed by atoms with Crippen LogP contribution in [0.15, 0.2) is 36.7 Å². The molecule has 0 spiro atoms. The third-order valence-corrected chi connectivity index (χ3v) is 3.80. The van der Waals surface area contributed by atoms with Crippen LogP contribution < -0.4 is 14.8 Å². The molecule has 0 aliphatic carbocycles. The quantitative estimate of drug-likeness (QED) is 0.775. The summed E-state index contributed by atoms with van der Waals surface area (Å²) in [6, 6.07) is 7.18. The van der Waals surface area contributed by atoms with E-state index in [0.29, 0.717) is 23.7 Å². The van der Waals surface area contributed by atoms with Gasteiger partial charge in [0, 0.05) is 36.8 Å². The minimum atomic E-state index is -0.254. The Kier molecular flexibility index (Phi) is 4.33. The summed E-state index contributed by atoms with van der Waals surface area (Å²) in [4.78, 5) is 16.5. The number of rotatable bonds is 5. The van der Waals surface area contributed by atoms with E-state index >= 15 is 0 Å². The van der Waals surface area contributed by atoms with Crippen LogP contribution in [-0.2, 0) is 13.6 Å². The maximum absolute atomic E-state index is 12.3. The lowest BCUT2D eigenvalue weighted by molar-refractivity contribution is 0.0946. The molecule has 0 unspecified atom stereocenters. The summed E-state index contributed by atoms with van der Waals surface area (Å²) >= 11 is 0. The Bertz CT molecular complexity index is 889. The minimum absolute atomic E-state index is 0.254. The van der Waals surface area contributed by atoms with Crippen molar-refractivity contribution < 1.29 is 14.3 Å². The van der Waals surface area contributed by atoms with E-state index in [2.05, 4.69) is 15.4 Å². The van der Waals surface area contributed by atoms with Crippen molar-refractivity contribution in [2.75, 3.05) is 14.2 Å². The number of aryl methyl sites for hydroxylation is 1. The predicted molar refractivity (Wildman–Crippen MR) is 89.2 cm³/mol. The van der Waals surface area contributed by atoms with Gasteiger partial charge in [-0.05, 0) is 18.2 Å². The van der Waals surface area contributed by atoms with E-state index in [9.17, 15) is 4.79 Å². The molecule has 7 heteroatoms. The zero-order valence-electron chi connectivity index (χ0n) is 13.7. The smallest absolute Gasteiger partial charge is 0.270 e. The van der Waals surface area contributed by atoms with Gasteiger partial charge in [-0.25, -0.2) is 0 Å². The Hall–Kier alpha value is -3.09. The molecule has 0 atom stereocenters. The number of ether oxygens (including phenoxy) is 2. The number of fused-ring (bicyclic) bond motifs is 1. The fourth-order valence-electron chi connectivity index (χ4n) is 2.43. The number of amides is 1. The molecule has 1 N–H and O–H groups in total. The van der Waals surface area contributed by atoms with E-state index in [-0.39, 0.29) is 5.91 Å². The molecule has 0 saturated carbocycles. The van der Waals surface area contributed by atoms with Crippen molar-refractivity contribution in [1.82, 2.24) is 20.1 Å². The molecule has 7 nitrogen and oxygen atoms in total. The van der Waals surface area contributed by atoms with Crippen LogP contribution in [0.5, 0.6) is 11.5 Å². The van der Waals surface area contributed by atoms with E-state index < -0.39 is 0 Å². The number of nitrogens with one attached hydrogen (secondary N) is 1. The SMILES string of the molecule is COc1ccc(CNC(=O)c2cc3c(cn2)cnn3C)c(OC)c1. The molecule has 3 rings (SSSR count). The predicted octanol–water partition coefficient (Wildman–Crippen LogP) is 1.92. The summed E-state index contributed by atoms with van der Waals surface area (Å²) in [6.07, 6.45) is 3.36. The van der Waals surface area contributed by atoms with Crippen molar-refractivity contribution >= 4 is 16.8 Å². The lowest BCUT2D eigenvalue weighted by atomic mass is 10.2. The summed E-state index contributed by atoms with van der Waals surface area (Å²) in [5, 5.41) is 7.89. The zero-order valence-corrected chi connectivity index (χ0v) is 13.7. The summed E-state index contributed by atoms with van der Waals surface area (Å²) in [5.74, 6) is 1.10. The first-order chi connectivity index (χ1) is 11.6. The Morgan fingerprint density at radius 2 is 2.04 bits per heavy atom. The number of pyridine rings is 1. The van der Waals surface area contributed by atoms with E-state index in [1.807, 2.05) is 19.2 Å². The van der Waals surface area contributed by atoms with Crippen molar-refractivity contribution in [1.29, 1.82) is 0 Å². The fourth-order valence-corrected chi connectivity index (χ4v) is 2.43. The first-order valence-corrected chi connectivity index (χ1v) is 7.39. The topological polar surface area (TPSA) is 78.3 Å². The molecule has 3 aromatic rings. The molecule has 1 amide bonds. The molecular weight excluding hydrogens is 308 g/mol. The molecule has 124 valence electrons. The normalized spacial score (nSPS) is 10.6. The van der Waals surface area contributed by atoms with Crippen molar-refractivity contribution in [2.24, 2.45) is 7.05 Å². The highest BCUT2D eigenvalue weighted by atomic mass is 16.5. The molecular formula is C17H18N4O3. The molecule has 0 fully saturated rings. The summed E-state index contributed by atoms with van der Waals surface area (Å²) in [5.41, 5.74) is 2.06. The highest BCUT2D eigenvalue weighted by Crippen LogP contribution is 2.24. The molecule has 0 saturated heterocycles. The van der Waals surface area contributed by atoms with Crippen LogP contribution in [0.4, 0.5) is 0 Å². The van der Waals surface area contributed by atoms with Crippen molar-refractivity contribution in [2.45, 2.75) is 6.54 Å². The molecule has 2 heterocycles. The number of hydrogen-bond donors (Lipinski definition) is 1. The van der Waals surface area contributed by atoms with Crippen molar-refractivity contribution in [3.8, 4) is 11.5 Å². The average molecular weight is 326 g/mol. The Labute approximate surface area is 139 Å². The molecule has 0 bridgehead atoms. The second-order valence-electron chi connectivity index (χ2n) is 5.26. The van der Waals surface area contributed by atoms with Gasteiger partial charge >= 0.3 is 0 Å². The average Bonchev–Trinajstić information content (AvgIpc) is 3.00. The maximum atomic E-state index is 12.3. The first-order valence-electron chi connectivity index (χ1n) is 7.39. The number of nitrogens with zero attached hydrogens (tertiary/aromatic N) is 3. The van der Waals surface area contributed by atoms with Crippen LogP contribution in [0.3, 0.4) is 0 Å². The van der Waals surface area contributed by atoms with E-state index in [4.69, 9.17) is 9.47 Å². The van der Waals surface area contributed by atoms with Gasteiger partial charge < -0.3 is 14.8 Å². The number of carbonyl (C=O) groups excluding carboxylic acids is 1. The second kappa shape index (κ2) is 6.57. The van der Waals surface area contributed by atoms with E-state index in [1.165, 1.54) is 0 Å². The number of benzene rings is 1. The molecule has 24 heavy (non-hydrogen) atoms. The largest absolute Gasteiger partial charge is 0.497 e. The van der Waals surface area contributed by atoms with Gasteiger partial charge in [0.15, 0.2) is 0 Å². The number of carbonyl (C=O) groups is 1. The van der Waals surface area contributed by atoms with Crippen LogP contribution in [0.25, 0.3) is 10.9 Å². The third-order valence-electron chi connectivity index (χ3n) is 3.80. The molecule has 0 radical (unpaired) electrons. The Morgan fingerprint density at radius 1 is 1.21 bits per heavy atom. The van der Waals surface area contributed by atoms with Crippen LogP contribution in [0.1, 0.15) is 16.1 Å². The van der Waals surface area contributed by atoms with E-state index in [0.717, 1.165) is 16.5 Å². The van der Waals surface area contributed by atoms with Crippen LogP contribution >= 0.6 is 0 Å². The Balaban J connectivity index is 1.76. The lowest BCUT2D eigenvalue weighted by Crippen LogP contribution is -2.24.